The van der Waals surface area contributed by atoms with E-state index in [0.717, 1.165) is 0 Å². The molecule has 3 heterocycles. The van der Waals surface area contributed by atoms with Crippen molar-refractivity contribution < 1.29 is 13.2 Å². The van der Waals surface area contributed by atoms with Crippen LogP contribution in [0.5, 0.6) is 5.88 Å². The van der Waals surface area contributed by atoms with Gasteiger partial charge in [0.25, 0.3) is 10.0 Å². The second-order valence-electron chi connectivity index (χ2n) is 5.61. The van der Waals surface area contributed by atoms with Crippen molar-refractivity contribution in [3.05, 3.63) is 73.2 Å². The SMILES string of the molecule is COc1ccc(-n2nccc2-c2ccn(S(=O)(=O)c3ccccc3)c2)nn1. The maximum atomic E-state index is 12.7. The predicted octanol–water partition coefficient (Wildman–Crippen LogP) is 2.38. The normalized spacial score (nSPS) is 11.4. The van der Waals surface area contributed by atoms with Crippen molar-refractivity contribution in [3.8, 4) is 23.0 Å². The van der Waals surface area contributed by atoms with Crippen LogP contribution in [-0.2, 0) is 10.0 Å². The van der Waals surface area contributed by atoms with Gasteiger partial charge in [0.1, 0.15) is 0 Å². The van der Waals surface area contributed by atoms with E-state index in [1.54, 1.807) is 71.7 Å². The first-order valence-electron chi connectivity index (χ1n) is 8.01. The van der Waals surface area contributed by atoms with Crippen molar-refractivity contribution in [3.63, 3.8) is 0 Å². The van der Waals surface area contributed by atoms with E-state index in [0.29, 0.717) is 23.0 Å². The van der Waals surface area contributed by atoms with E-state index in [9.17, 15) is 8.42 Å². The minimum absolute atomic E-state index is 0.224. The van der Waals surface area contributed by atoms with Crippen LogP contribution in [0.2, 0.25) is 0 Å². The minimum Gasteiger partial charge on any atom is -0.480 e. The molecule has 0 N–H and O–H groups in total. The average molecular weight is 381 g/mol. The van der Waals surface area contributed by atoms with Gasteiger partial charge in [-0.15, -0.1) is 10.2 Å². The van der Waals surface area contributed by atoms with Crippen LogP contribution in [0.25, 0.3) is 17.1 Å². The summed E-state index contributed by atoms with van der Waals surface area (Å²) in [6, 6.07) is 15.2. The zero-order valence-corrected chi connectivity index (χ0v) is 15.1. The van der Waals surface area contributed by atoms with Crippen LogP contribution in [0.4, 0.5) is 0 Å². The average Bonchev–Trinajstić information content (AvgIpc) is 3.38. The smallest absolute Gasteiger partial charge is 0.267 e. The lowest BCUT2D eigenvalue weighted by atomic mass is 10.2. The zero-order valence-electron chi connectivity index (χ0n) is 14.3. The Kier molecular flexibility index (Phi) is 4.21. The van der Waals surface area contributed by atoms with Gasteiger partial charge >= 0.3 is 0 Å². The third-order valence-corrected chi connectivity index (χ3v) is 5.63. The zero-order chi connectivity index (χ0) is 18.9. The monoisotopic (exact) mass is 381 g/mol. The number of rotatable bonds is 5. The molecule has 0 saturated heterocycles. The summed E-state index contributed by atoms with van der Waals surface area (Å²) in [6.45, 7) is 0. The first-order chi connectivity index (χ1) is 13.1. The van der Waals surface area contributed by atoms with Crippen molar-refractivity contribution in [2.45, 2.75) is 4.90 Å². The molecule has 0 amide bonds. The number of ether oxygens (including phenoxy) is 1. The van der Waals surface area contributed by atoms with Crippen LogP contribution in [0, 0.1) is 0 Å². The lowest BCUT2D eigenvalue weighted by Gasteiger charge is -2.06. The van der Waals surface area contributed by atoms with Gasteiger partial charge in [-0.25, -0.2) is 17.1 Å². The van der Waals surface area contributed by atoms with Crippen molar-refractivity contribution in [1.82, 2.24) is 24.0 Å². The molecular formula is C18H15N5O3S. The van der Waals surface area contributed by atoms with Crippen LogP contribution in [0.3, 0.4) is 0 Å². The van der Waals surface area contributed by atoms with E-state index in [4.69, 9.17) is 4.74 Å². The number of methoxy groups -OCH3 is 1. The molecule has 4 rings (SSSR count). The Hall–Kier alpha value is -3.46. The highest BCUT2D eigenvalue weighted by Crippen LogP contribution is 2.24. The fraction of sp³-hybridized carbons (Fsp3) is 0.0556. The molecule has 0 fully saturated rings. The molecule has 0 spiro atoms. The second kappa shape index (κ2) is 6.69. The Morgan fingerprint density at radius 1 is 0.963 bits per heavy atom. The molecule has 1 aromatic carbocycles. The van der Waals surface area contributed by atoms with E-state index in [1.807, 2.05) is 0 Å². The van der Waals surface area contributed by atoms with Crippen LogP contribution in [0.1, 0.15) is 0 Å². The molecule has 0 atom stereocenters. The summed E-state index contributed by atoms with van der Waals surface area (Å²) in [5.74, 6) is 0.891. The molecule has 136 valence electrons. The molecular weight excluding hydrogens is 366 g/mol. The second-order valence-corrected chi connectivity index (χ2v) is 7.45. The van der Waals surface area contributed by atoms with E-state index in [1.165, 1.54) is 17.3 Å². The maximum absolute atomic E-state index is 12.7. The first kappa shape index (κ1) is 17.0. The van der Waals surface area contributed by atoms with Gasteiger partial charge in [-0.2, -0.15) is 5.10 Å². The molecule has 4 aromatic rings. The Labute approximate surface area is 155 Å². The van der Waals surface area contributed by atoms with E-state index in [2.05, 4.69) is 15.3 Å². The van der Waals surface area contributed by atoms with Crippen molar-refractivity contribution in [2.24, 2.45) is 0 Å². The number of aromatic nitrogens is 5. The summed E-state index contributed by atoms with van der Waals surface area (Å²) >= 11 is 0. The molecule has 0 unspecified atom stereocenters. The molecule has 8 nitrogen and oxygen atoms in total. The van der Waals surface area contributed by atoms with Gasteiger partial charge in [0.2, 0.25) is 5.88 Å². The summed E-state index contributed by atoms with van der Waals surface area (Å²) in [6.07, 6.45) is 4.67. The lowest BCUT2D eigenvalue weighted by Crippen LogP contribution is -2.10. The van der Waals surface area contributed by atoms with Crippen LogP contribution < -0.4 is 4.74 Å². The predicted molar refractivity (Wildman–Crippen MR) is 98.2 cm³/mol. The van der Waals surface area contributed by atoms with Gasteiger partial charge in [-0.05, 0) is 30.3 Å². The van der Waals surface area contributed by atoms with Crippen LogP contribution in [0.15, 0.2) is 78.1 Å². The highest BCUT2D eigenvalue weighted by atomic mass is 32.2. The Morgan fingerprint density at radius 3 is 2.48 bits per heavy atom. The quantitative estimate of drug-likeness (QED) is 0.527. The highest BCUT2D eigenvalue weighted by molar-refractivity contribution is 7.90. The summed E-state index contributed by atoms with van der Waals surface area (Å²) in [4.78, 5) is 0.224. The molecule has 0 aliphatic carbocycles. The maximum Gasteiger partial charge on any atom is 0.267 e. The third kappa shape index (κ3) is 3.08. The topological polar surface area (TPSA) is 91.9 Å². The van der Waals surface area contributed by atoms with Crippen LogP contribution in [-0.4, -0.2) is 39.5 Å². The van der Waals surface area contributed by atoms with Gasteiger partial charge in [-0.1, -0.05) is 18.2 Å². The number of hydrogen-bond donors (Lipinski definition) is 0. The molecule has 9 heteroatoms. The Morgan fingerprint density at radius 2 is 1.78 bits per heavy atom. The molecule has 0 radical (unpaired) electrons. The number of hydrogen-bond acceptors (Lipinski definition) is 6. The van der Waals surface area contributed by atoms with E-state index < -0.39 is 10.0 Å². The van der Waals surface area contributed by atoms with Gasteiger partial charge in [-0.3, -0.25) is 0 Å². The van der Waals surface area contributed by atoms with E-state index >= 15 is 0 Å². The molecule has 0 saturated carbocycles. The summed E-state index contributed by atoms with van der Waals surface area (Å²) in [5.41, 5.74) is 1.38. The van der Waals surface area contributed by atoms with Crippen molar-refractivity contribution >= 4 is 10.0 Å². The summed E-state index contributed by atoms with van der Waals surface area (Å²) in [5, 5.41) is 12.3. The third-order valence-electron chi connectivity index (χ3n) is 3.98. The first-order valence-corrected chi connectivity index (χ1v) is 9.45. The van der Waals surface area contributed by atoms with Crippen molar-refractivity contribution in [1.29, 1.82) is 0 Å². The van der Waals surface area contributed by atoms with Crippen LogP contribution >= 0.6 is 0 Å². The van der Waals surface area contributed by atoms with Gasteiger partial charge < -0.3 is 4.74 Å². The minimum atomic E-state index is -3.65. The molecule has 0 bridgehead atoms. The van der Waals surface area contributed by atoms with Crippen molar-refractivity contribution in [2.75, 3.05) is 7.11 Å². The summed E-state index contributed by atoms with van der Waals surface area (Å²) in [7, 11) is -2.14. The van der Waals surface area contributed by atoms with Gasteiger partial charge in [0, 0.05) is 24.0 Å². The summed E-state index contributed by atoms with van der Waals surface area (Å²) < 4.78 is 33.3. The van der Waals surface area contributed by atoms with Gasteiger partial charge in [0.05, 0.1) is 23.9 Å². The fourth-order valence-electron chi connectivity index (χ4n) is 2.63. The Bertz CT molecular complexity index is 1170. The van der Waals surface area contributed by atoms with E-state index in [-0.39, 0.29) is 4.90 Å². The molecule has 0 aliphatic heterocycles. The molecule has 27 heavy (non-hydrogen) atoms. The fourth-order valence-corrected chi connectivity index (χ4v) is 3.85. The standard InChI is InChI=1S/C18H15N5O3S/c1-26-18-8-7-17(20-21-18)23-16(9-11-19-23)14-10-12-22(13-14)27(24,25)15-5-3-2-4-6-15/h2-13H,1H3. The van der Waals surface area contributed by atoms with Gasteiger partial charge in [0.15, 0.2) is 5.82 Å². The largest absolute Gasteiger partial charge is 0.480 e. The highest BCUT2D eigenvalue weighted by Gasteiger charge is 2.18. The Balaban J connectivity index is 1.72. The number of benzene rings is 1. The lowest BCUT2D eigenvalue weighted by molar-refractivity contribution is 0.391. The molecule has 0 aliphatic rings. The molecule has 3 aromatic heterocycles. The number of nitrogens with zero attached hydrogens (tertiary/aromatic N) is 5.